The fourth-order valence-electron chi connectivity index (χ4n) is 4.53. The predicted molar refractivity (Wildman–Crippen MR) is 126 cm³/mol. The van der Waals surface area contributed by atoms with Crippen LogP contribution in [0.2, 0.25) is 0 Å². The maximum atomic E-state index is 13.3. The molecule has 5 rings (SSSR count). The van der Waals surface area contributed by atoms with Gasteiger partial charge in [0.15, 0.2) is 0 Å². The minimum Gasteiger partial charge on any atom is -0.367 e. The average molecular weight is 438 g/mol. The second-order valence-electron chi connectivity index (χ2n) is 8.44. The van der Waals surface area contributed by atoms with Crippen LogP contribution in [0.5, 0.6) is 0 Å². The van der Waals surface area contributed by atoms with Gasteiger partial charge in [0.1, 0.15) is 10.7 Å². The molecule has 0 unspecified atom stereocenters. The number of aryl methyl sites for hydroxylation is 2. The second kappa shape index (κ2) is 8.09. The predicted octanol–water partition coefficient (Wildman–Crippen LogP) is 3.11. The van der Waals surface area contributed by atoms with Gasteiger partial charge in [-0.25, -0.2) is 4.98 Å². The topological polar surface area (TPSA) is 70.5 Å². The number of hydrogen-bond donors (Lipinski definition) is 1. The quantitative estimate of drug-likeness (QED) is 0.682. The first-order chi connectivity index (χ1) is 15.0. The van der Waals surface area contributed by atoms with Crippen LogP contribution in [0, 0.1) is 6.92 Å². The van der Waals surface area contributed by atoms with E-state index >= 15 is 0 Å². The van der Waals surface area contributed by atoms with Crippen LogP contribution in [0.4, 0.5) is 11.4 Å². The first kappa shape index (κ1) is 20.2. The summed E-state index contributed by atoms with van der Waals surface area (Å²) in [6.45, 7) is 6.43. The van der Waals surface area contributed by atoms with Crippen molar-refractivity contribution >= 4 is 38.8 Å². The van der Waals surface area contributed by atoms with E-state index in [1.807, 2.05) is 25.1 Å². The summed E-state index contributed by atoms with van der Waals surface area (Å²) in [7, 11) is 2.13. The Hall–Kier alpha value is -2.71. The van der Waals surface area contributed by atoms with Crippen molar-refractivity contribution < 1.29 is 4.79 Å². The van der Waals surface area contributed by atoms with E-state index in [2.05, 4.69) is 28.2 Å². The van der Waals surface area contributed by atoms with E-state index in [4.69, 9.17) is 4.98 Å². The maximum Gasteiger partial charge on any atom is 0.266 e. The molecule has 2 aromatic heterocycles. The number of rotatable bonds is 3. The molecule has 3 aromatic rings. The molecule has 0 spiro atoms. The number of nitrogens with one attached hydrogen (secondary N) is 1. The summed E-state index contributed by atoms with van der Waals surface area (Å²) >= 11 is 1.32. The molecule has 0 atom stereocenters. The molecule has 0 saturated carbocycles. The molecule has 1 fully saturated rings. The van der Waals surface area contributed by atoms with E-state index in [0.717, 1.165) is 68.2 Å². The van der Waals surface area contributed by atoms with Crippen molar-refractivity contribution in [2.75, 3.05) is 43.4 Å². The SMILES string of the molecule is Cc1c(C(=O)Nc2ccccc2N2CCN(C)CC2)sc2nc3n(c(=O)c12)CCCC3. The summed E-state index contributed by atoms with van der Waals surface area (Å²) in [6.07, 6.45) is 2.88. The van der Waals surface area contributed by atoms with Crippen LogP contribution in [0.1, 0.15) is 33.9 Å². The van der Waals surface area contributed by atoms with Crippen molar-refractivity contribution in [3.8, 4) is 0 Å². The lowest BCUT2D eigenvalue weighted by Gasteiger charge is -2.35. The summed E-state index contributed by atoms with van der Waals surface area (Å²) < 4.78 is 1.79. The summed E-state index contributed by atoms with van der Waals surface area (Å²) in [6, 6.07) is 7.94. The van der Waals surface area contributed by atoms with Crippen LogP contribution >= 0.6 is 11.3 Å². The Balaban J connectivity index is 1.47. The van der Waals surface area contributed by atoms with E-state index in [1.165, 1.54) is 11.3 Å². The number of carbonyl (C=O) groups excluding carboxylic acids is 1. The third kappa shape index (κ3) is 3.64. The lowest BCUT2D eigenvalue weighted by molar-refractivity contribution is 0.103. The van der Waals surface area contributed by atoms with Gasteiger partial charge in [-0.2, -0.15) is 0 Å². The van der Waals surface area contributed by atoms with Gasteiger partial charge in [0, 0.05) is 39.1 Å². The van der Waals surface area contributed by atoms with Crippen LogP contribution in [0.3, 0.4) is 0 Å². The minimum atomic E-state index is -0.176. The van der Waals surface area contributed by atoms with E-state index in [1.54, 1.807) is 4.57 Å². The molecule has 1 amide bonds. The third-order valence-corrected chi connectivity index (χ3v) is 7.55. The molecule has 7 nitrogen and oxygen atoms in total. The standard InChI is InChI=1S/C23H27N5O2S/c1-15-19-22(25-18-9-5-6-10-28(18)23(19)30)31-20(15)21(29)24-16-7-3-4-8-17(16)27-13-11-26(2)12-14-27/h3-4,7-8H,5-6,9-14H2,1-2H3,(H,24,29). The molecule has 0 radical (unpaired) electrons. The number of aromatic nitrogens is 2. The van der Waals surface area contributed by atoms with Gasteiger partial charge in [-0.05, 0) is 44.5 Å². The zero-order valence-corrected chi connectivity index (χ0v) is 18.8. The van der Waals surface area contributed by atoms with Crippen LogP contribution in [-0.4, -0.2) is 53.6 Å². The number of fused-ring (bicyclic) bond motifs is 2. The van der Waals surface area contributed by atoms with Gasteiger partial charge in [-0.1, -0.05) is 12.1 Å². The zero-order valence-electron chi connectivity index (χ0n) is 18.0. The molecule has 8 heteroatoms. The van der Waals surface area contributed by atoms with E-state index in [0.29, 0.717) is 21.6 Å². The van der Waals surface area contributed by atoms with Crippen molar-refractivity contribution in [1.82, 2.24) is 14.5 Å². The molecule has 0 bridgehead atoms. The van der Waals surface area contributed by atoms with Crippen molar-refractivity contribution in [1.29, 1.82) is 0 Å². The van der Waals surface area contributed by atoms with Crippen LogP contribution in [0.15, 0.2) is 29.1 Å². The molecular weight excluding hydrogens is 410 g/mol. The normalized spacial score (nSPS) is 17.0. The first-order valence-electron chi connectivity index (χ1n) is 10.9. The highest BCUT2D eigenvalue weighted by atomic mass is 32.1. The molecule has 2 aliphatic heterocycles. The van der Waals surface area contributed by atoms with Crippen LogP contribution < -0.4 is 15.8 Å². The number of thiophene rings is 1. The van der Waals surface area contributed by atoms with E-state index in [9.17, 15) is 9.59 Å². The number of anilines is 2. The number of nitrogens with zero attached hydrogens (tertiary/aromatic N) is 4. The highest BCUT2D eigenvalue weighted by Crippen LogP contribution is 2.31. The summed E-state index contributed by atoms with van der Waals surface area (Å²) in [5, 5.41) is 3.70. The van der Waals surface area contributed by atoms with E-state index in [-0.39, 0.29) is 11.5 Å². The van der Waals surface area contributed by atoms with Crippen molar-refractivity contribution in [2.24, 2.45) is 0 Å². The Labute approximate surface area is 185 Å². The second-order valence-corrected chi connectivity index (χ2v) is 9.44. The van der Waals surface area contributed by atoms with Crippen LogP contribution in [-0.2, 0) is 13.0 Å². The summed E-state index contributed by atoms with van der Waals surface area (Å²) in [5.41, 5.74) is 2.56. The Kier molecular flexibility index (Phi) is 5.27. The molecule has 162 valence electrons. The lowest BCUT2D eigenvalue weighted by atomic mass is 10.1. The Morgan fingerprint density at radius 2 is 1.87 bits per heavy atom. The Morgan fingerprint density at radius 1 is 1.10 bits per heavy atom. The number of hydrogen-bond acceptors (Lipinski definition) is 6. The van der Waals surface area contributed by atoms with Crippen molar-refractivity contribution in [2.45, 2.75) is 32.7 Å². The monoisotopic (exact) mass is 437 g/mol. The van der Waals surface area contributed by atoms with Gasteiger partial charge in [-0.3, -0.25) is 14.2 Å². The van der Waals surface area contributed by atoms with Gasteiger partial charge in [0.2, 0.25) is 0 Å². The molecule has 1 N–H and O–H groups in total. The Bertz CT molecular complexity index is 1210. The van der Waals surface area contributed by atoms with Gasteiger partial charge in [0.25, 0.3) is 11.5 Å². The molecule has 1 aromatic carbocycles. The molecular formula is C23H27N5O2S. The number of amides is 1. The fraction of sp³-hybridized carbons (Fsp3) is 0.435. The van der Waals surface area contributed by atoms with Crippen molar-refractivity contribution in [3.05, 3.63) is 50.9 Å². The van der Waals surface area contributed by atoms with E-state index < -0.39 is 0 Å². The molecule has 4 heterocycles. The Morgan fingerprint density at radius 3 is 2.68 bits per heavy atom. The first-order valence-corrected chi connectivity index (χ1v) is 11.7. The number of carbonyl (C=O) groups is 1. The van der Waals surface area contributed by atoms with Crippen molar-refractivity contribution in [3.63, 3.8) is 0 Å². The van der Waals surface area contributed by atoms with Gasteiger partial charge >= 0.3 is 0 Å². The number of para-hydroxylation sites is 2. The van der Waals surface area contributed by atoms with Gasteiger partial charge in [-0.15, -0.1) is 11.3 Å². The number of likely N-dealkylation sites (N-methyl/N-ethyl adjacent to an activating group) is 1. The van der Waals surface area contributed by atoms with Crippen LogP contribution in [0.25, 0.3) is 10.2 Å². The largest absolute Gasteiger partial charge is 0.367 e. The number of piperazine rings is 1. The molecule has 0 aliphatic carbocycles. The fourth-order valence-corrected chi connectivity index (χ4v) is 5.62. The lowest BCUT2D eigenvalue weighted by Crippen LogP contribution is -2.44. The van der Waals surface area contributed by atoms with Gasteiger partial charge in [0.05, 0.1) is 21.6 Å². The summed E-state index contributed by atoms with van der Waals surface area (Å²) in [4.78, 5) is 36.9. The van der Waals surface area contributed by atoms with Gasteiger partial charge < -0.3 is 15.1 Å². The molecule has 1 saturated heterocycles. The smallest absolute Gasteiger partial charge is 0.266 e. The molecule has 2 aliphatic rings. The molecule has 31 heavy (non-hydrogen) atoms. The highest BCUT2D eigenvalue weighted by molar-refractivity contribution is 7.20. The minimum absolute atomic E-state index is 0.00895. The highest BCUT2D eigenvalue weighted by Gasteiger charge is 2.24. The average Bonchev–Trinajstić information content (AvgIpc) is 3.11. The summed E-state index contributed by atoms with van der Waals surface area (Å²) in [5.74, 6) is 0.668. The third-order valence-electron chi connectivity index (χ3n) is 6.36. The maximum absolute atomic E-state index is 13.3. The zero-order chi connectivity index (χ0) is 21.5. The number of benzene rings is 1.